The topological polar surface area (TPSA) is 105 Å². The van der Waals surface area contributed by atoms with Crippen LogP contribution in [0.25, 0.3) is 0 Å². The molecule has 1 rings (SSSR count). The Morgan fingerprint density at radius 2 is 2.00 bits per heavy atom. The van der Waals surface area contributed by atoms with Gasteiger partial charge in [-0.15, -0.1) is 10.1 Å². The molecular weight excluding hydrogens is 270 g/mol. The van der Waals surface area contributed by atoms with Crippen LogP contribution in [0, 0.1) is 10.1 Å². The second kappa shape index (κ2) is 7.07. The zero-order valence-electron chi connectivity index (χ0n) is 10.9. The number of carbonyl (C=O) groups is 2. The molecule has 0 aliphatic heterocycles. The molecule has 0 radical (unpaired) electrons. The summed E-state index contributed by atoms with van der Waals surface area (Å²) in [5, 5.41) is 9.18. The van der Waals surface area contributed by atoms with Gasteiger partial charge < -0.3 is 9.47 Å². The molecule has 1 unspecified atom stereocenters. The number of esters is 2. The van der Waals surface area contributed by atoms with E-state index in [4.69, 9.17) is 9.47 Å². The van der Waals surface area contributed by atoms with Crippen LogP contribution in [0.5, 0.6) is 5.75 Å². The minimum atomic E-state index is -1.32. The van der Waals surface area contributed by atoms with Gasteiger partial charge in [-0.05, 0) is 12.1 Å². The number of para-hydroxylation sites is 1. The van der Waals surface area contributed by atoms with Crippen molar-refractivity contribution in [1.82, 2.24) is 0 Å². The summed E-state index contributed by atoms with van der Waals surface area (Å²) in [7, 11) is 0. The van der Waals surface area contributed by atoms with Gasteiger partial charge in [0.25, 0.3) is 5.09 Å². The maximum atomic E-state index is 11.9. The van der Waals surface area contributed by atoms with Crippen molar-refractivity contribution in [2.75, 3.05) is 0 Å². The number of nitrogens with zero attached hydrogens (tertiary/aromatic N) is 1. The Labute approximate surface area is 114 Å². The molecule has 0 aromatic heterocycles. The molecule has 0 amide bonds. The molecule has 0 aliphatic carbocycles. The summed E-state index contributed by atoms with van der Waals surface area (Å²) in [6.45, 7) is 2.74. The first-order valence-electron chi connectivity index (χ1n) is 5.73. The van der Waals surface area contributed by atoms with Gasteiger partial charge in [0.05, 0.1) is 0 Å². The van der Waals surface area contributed by atoms with Crippen LogP contribution in [-0.4, -0.2) is 23.3 Å². The predicted octanol–water partition coefficient (Wildman–Crippen LogP) is 1.71. The minimum absolute atomic E-state index is 0.0148. The molecule has 0 heterocycles. The number of benzene rings is 1. The Morgan fingerprint density at radius 3 is 2.55 bits per heavy atom. The predicted molar refractivity (Wildman–Crippen MR) is 65.3 cm³/mol. The molecule has 8 heteroatoms. The van der Waals surface area contributed by atoms with E-state index in [-0.39, 0.29) is 17.7 Å². The lowest BCUT2D eigenvalue weighted by Crippen LogP contribution is -2.24. The maximum Gasteiger partial charge on any atom is 0.344 e. The molecule has 1 aromatic carbocycles. The number of carbonyl (C=O) groups excluding carboxylic acids is 2. The highest BCUT2D eigenvalue weighted by Crippen LogP contribution is 2.20. The van der Waals surface area contributed by atoms with Crippen molar-refractivity contribution in [1.29, 1.82) is 0 Å². The molecule has 0 aliphatic rings. The fourth-order valence-electron chi connectivity index (χ4n) is 1.34. The van der Waals surface area contributed by atoms with Crippen molar-refractivity contribution >= 4 is 11.9 Å². The summed E-state index contributed by atoms with van der Waals surface area (Å²) in [6, 6.07) is 5.89. The van der Waals surface area contributed by atoms with Crippen LogP contribution in [-0.2, 0) is 14.4 Å². The molecule has 0 N–H and O–H groups in total. The van der Waals surface area contributed by atoms with E-state index in [0.29, 0.717) is 0 Å². The fraction of sp³-hybridized carbons (Fsp3) is 0.333. The molecule has 1 aromatic rings. The van der Waals surface area contributed by atoms with Crippen molar-refractivity contribution in [3.8, 4) is 5.75 Å². The molecule has 0 bridgehead atoms. The zero-order valence-corrected chi connectivity index (χ0v) is 10.9. The third-order valence-corrected chi connectivity index (χ3v) is 2.14. The average molecular weight is 283 g/mol. The van der Waals surface area contributed by atoms with Crippen LogP contribution < -0.4 is 4.74 Å². The van der Waals surface area contributed by atoms with E-state index in [1.807, 2.05) is 0 Å². The van der Waals surface area contributed by atoms with Gasteiger partial charge in [0, 0.05) is 13.3 Å². The summed E-state index contributed by atoms with van der Waals surface area (Å²) in [6.07, 6.45) is -1.22. The van der Waals surface area contributed by atoms with E-state index in [0.717, 1.165) is 0 Å². The van der Waals surface area contributed by atoms with Crippen molar-refractivity contribution < 1.29 is 29.0 Å². The normalized spacial score (nSPS) is 11.3. The van der Waals surface area contributed by atoms with Crippen LogP contribution in [0.1, 0.15) is 30.6 Å². The molecule has 8 nitrogen and oxygen atoms in total. The molecule has 20 heavy (non-hydrogen) atoms. The molecular formula is C12H13NO7. The number of hydrogen-bond donors (Lipinski definition) is 0. The van der Waals surface area contributed by atoms with E-state index in [1.165, 1.54) is 19.1 Å². The second-order valence-electron chi connectivity index (χ2n) is 3.66. The van der Waals surface area contributed by atoms with Crippen LogP contribution in [0.15, 0.2) is 24.3 Å². The second-order valence-corrected chi connectivity index (χ2v) is 3.66. The molecule has 0 spiro atoms. The lowest BCUT2D eigenvalue weighted by Gasteiger charge is -2.14. The average Bonchev–Trinajstić information content (AvgIpc) is 2.37. The van der Waals surface area contributed by atoms with Crippen molar-refractivity contribution in [2.45, 2.75) is 26.6 Å². The van der Waals surface area contributed by atoms with Crippen LogP contribution >= 0.6 is 0 Å². The van der Waals surface area contributed by atoms with Gasteiger partial charge in [-0.3, -0.25) is 9.63 Å². The highest BCUT2D eigenvalue weighted by atomic mass is 17.0. The Hall–Kier alpha value is -2.64. The Kier molecular flexibility index (Phi) is 5.45. The third-order valence-electron chi connectivity index (χ3n) is 2.14. The van der Waals surface area contributed by atoms with Gasteiger partial charge in [-0.1, -0.05) is 19.1 Å². The van der Waals surface area contributed by atoms with Crippen molar-refractivity contribution in [3.05, 3.63) is 39.9 Å². The van der Waals surface area contributed by atoms with E-state index in [2.05, 4.69) is 4.84 Å². The largest absolute Gasteiger partial charge is 0.432 e. The van der Waals surface area contributed by atoms with E-state index in [9.17, 15) is 19.7 Å². The SMILES string of the molecule is CCC(OC(=O)c1ccccc1OC(C)=O)O[N+](=O)[O-]. The molecule has 1 atom stereocenters. The Morgan fingerprint density at radius 1 is 1.35 bits per heavy atom. The monoisotopic (exact) mass is 283 g/mol. The summed E-state index contributed by atoms with van der Waals surface area (Å²) in [5.74, 6) is -1.46. The standard InChI is InChI=1S/C12H13NO7/c1-3-11(20-13(16)17)19-12(15)9-6-4-5-7-10(9)18-8(2)14/h4-7,11H,3H2,1-2H3. The molecule has 0 saturated heterocycles. The van der Waals surface area contributed by atoms with E-state index in [1.54, 1.807) is 19.1 Å². The Bertz CT molecular complexity index is 514. The maximum absolute atomic E-state index is 11.9. The molecule has 0 saturated carbocycles. The first-order chi connectivity index (χ1) is 9.43. The van der Waals surface area contributed by atoms with Crippen molar-refractivity contribution in [2.24, 2.45) is 0 Å². The lowest BCUT2D eigenvalue weighted by atomic mass is 10.2. The van der Waals surface area contributed by atoms with Gasteiger partial charge in [0.15, 0.2) is 0 Å². The first kappa shape index (κ1) is 15.4. The van der Waals surface area contributed by atoms with Crippen LogP contribution in [0.2, 0.25) is 0 Å². The zero-order chi connectivity index (χ0) is 15.1. The van der Waals surface area contributed by atoms with Gasteiger partial charge >= 0.3 is 11.9 Å². The van der Waals surface area contributed by atoms with Gasteiger partial charge in [0.1, 0.15) is 11.3 Å². The molecule has 108 valence electrons. The molecule has 0 fully saturated rings. The lowest BCUT2D eigenvalue weighted by molar-refractivity contribution is -0.778. The smallest absolute Gasteiger partial charge is 0.344 e. The van der Waals surface area contributed by atoms with E-state index < -0.39 is 23.3 Å². The Balaban J connectivity index is 2.86. The van der Waals surface area contributed by atoms with Gasteiger partial charge in [-0.2, -0.15) is 0 Å². The highest BCUT2D eigenvalue weighted by molar-refractivity contribution is 5.93. The first-order valence-corrected chi connectivity index (χ1v) is 5.73. The number of hydrogen-bond acceptors (Lipinski definition) is 7. The minimum Gasteiger partial charge on any atom is -0.432 e. The van der Waals surface area contributed by atoms with Gasteiger partial charge in [-0.25, -0.2) is 4.79 Å². The summed E-state index contributed by atoms with van der Waals surface area (Å²) in [4.78, 5) is 37.2. The quantitative estimate of drug-likeness (QED) is 0.257. The number of rotatable bonds is 6. The third kappa shape index (κ3) is 4.56. The summed E-state index contributed by atoms with van der Waals surface area (Å²) < 4.78 is 9.67. The summed E-state index contributed by atoms with van der Waals surface area (Å²) in [5.41, 5.74) is -0.0203. The van der Waals surface area contributed by atoms with Crippen LogP contribution in [0.4, 0.5) is 0 Å². The van der Waals surface area contributed by atoms with Gasteiger partial charge in [0.2, 0.25) is 6.29 Å². The van der Waals surface area contributed by atoms with Crippen molar-refractivity contribution in [3.63, 3.8) is 0 Å². The fourth-order valence-corrected chi connectivity index (χ4v) is 1.34. The van der Waals surface area contributed by atoms with E-state index >= 15 is 0 Å². The number of ether oxygens (including phenoxy) is 2. The van der Waals surface area contributed by atoms with Crippen LogP contribution in [0.3, 0.4) is 0 Å². The highest BCUT2D eigenvalue weighted by Gasteiger charge is 2.21. The summed E-state index contributed by atoms with van der Waals surface area (Å²) >= 11 is 0.